The minimum atomic E-state index is -0.0339. The highest BCUT2D eigenvalue weighted by Gasteiger charge is 2.11. The zero-order valence-electron chi connectivity index (χ0n) is 10.8. The van der Waals surface area contributed by atoms with E-state index in [0.717, 1.165) is 11.1 Å². The van der Waals surface area contributed by atoms with Gasteiger partial charge in [0.1, 0.15) is 5.75 Å². The van der Waals surface area contributed by atoms with Crippen molar-refractivity contribution in [3.63, 3.8) is 0 Å². The predicted octanol–water partition coefficient (Wildman–Crippen LogP) is 2.59. The molecule has 0 saturated carbocycles. The molecule has 0 radical (unpaired) electrons. The van der Waals surface area contributed by atoms with Crippen molar-refractivity contribution in [3.05, 3.63) is 53.2 Å². The van der Waals surface area contributed by atoms with E-state index in [1.807, 2.05) is 32.0 Å². The van der Waals surface area contributed by atoms with E-state index in [1.54, 1.807) is 18.3 Å². The van der Waals surface area contributed by atoms with E-state index < -0.39 is 0 Å². The molecule has 0 spiro atoms. The summed E-state index contributed by atoms with van der Waals surface area (Å²) < 4.78 is 5.76. The summed E-state index contributed by atoms with van der Waals surface area (Å²) in [5.41, 5.74) is 8.12. The maximum Gasteiger partial charge on any atom is 0.230 e. The quantitative estimate of drug-likeness (QED) is 0.383. The third-order valence-corrected chi connectivity index (χ3v) is 2.71. The molecule has 0 aliphatic carbocycles. The molecule has 1 heterocycles. The van der Waals surface area contributed by atoms with Crippen molar-refractivity contribution in [2.24, 2.45) is 10.9 Å². The van der Waals surface area contributed by atoms with Gasteiger partial charge in [-0.15, -0.1) is 0 Å². The molecule has 0 amide bonds. The van der Waals surface area contributed by atoms with Crippen LogP contribution in [0, 0.1) is 13.8 Å². The summed E-state index contributed by atoms with van der Waals surface area (Å²) in [6.07, 6.45) is 1.59. The lowest BCUT2D eigenvalue weighted by atomic mass is 10.1. The van der Waals surface area contributed by atoms with Crippen molar-refractivity contribution >= 4 is 5.84 Å². The van der Waals surface area contributed by atoms with Gasteiger partial charge in [0, 0.05) is 6.20 Å². The fourth-order valence-corrected chi connectivity index (χ4v) is 1.64. The standard InChI is InChI=1S/C14H15N3O2/c1-9-5-6-10(2)12(8-9)19-14-11(13(15)17-18)4-3-7-16-14/h3-8,18H,1-2H3,(H2,15,17). The molecule has 0 aliphatic rings. The number of amidine groups is 1. The molecule has 5 heteroatoms. The highest BCUT2D eigenvalue weighted by atomic mass is 16.5. The normalized spacial score (nSPS) is 11.4. The third kappa shape index (κ3) is 2.82. The number of aryl methyl sites for hydroxylation is 2. The van der Waals surface area contributed by atoms with E-state index in [2.05, 4.69) is 10.1 Å². The topological polar surface area (TPSA) is 80.7 Å². The second-order valence-electron chi connectivity index (χ2n) is 4.21. The van der Waals surface area contributed by atoms with Gasteiger partial charge in [-0.25, -0.2) is 4.98 Å². The number of nitrogens with zero attached hydrogens (tertiary/aromatic N) is 2. The van der Waals surface area contributed by atoms with Crippen LogP contribution < -0.4 is 10.5 Å². The average molecular weight is 257 g/mol. The average Bonchev–Trinajstić information content (AvgIpc) is 2.42. The maximum atomic E-state index is 8.76. The molecular formula is C14H15N3O2. The van der Waals surface area contributed by atoms with Crippen LogP contribution in [0.5, 0.6) is 11.6 Å². The predicted molar refractivity (Wildman–Crippen MR) is 72.7 cm³/mol. The van der Waals surface area contributed by atoms with Crippen LogP contribution in [0.25, 0.3) is 0 Å². The van der Waals surface area contributed by atoms with Crippen LogP contribution >= 0.6 is 0 Å². The minimum absolute atomic E-state index is 0.0339. The van der Waals surface area contributed by atoms with E-state index >= 15 is 0 Å². The number of hydrogen-bond acceptors (Lipinski definition) is 4. The first-order valence-electron chi connectivity index (χ1n) is 5.80. The van der Waals surface area contributed by atoms with Crippen molar-refractivity contribution in [1.82, 2.24) is 4.98 Å². The number of oxime groups is 1. The number of nitrogens with two attached hydrogens (primary N) is 1. The molecule has 0 atom stereocenters. The minimum Gasteiger partial charge on any atom is -0.438 e. The molecule has 2 rings (SSSR count). The third-order valence-electron chi connectivity index (χ3n) is 2.71. The molecule has 1 aromatic carbocycles. The van der Waals surface area contributed by atoms with Crippen LogP contribution in [0.1, 0.15) is 16.7 Å². The Hall–Kier alpha value is -2.56. The number of aromatic nitrogens is 1. The van der Waals surface area contributed by atoms with Crippen molar-refractivity contribution in [3.8, 4) is 11.6 Å². The fourth-order valence-electron chi connectivity index (χ4n) is 1.64. The number of pyridine rings is 1. The van der Waals surface area contributed by atoms with Gasteiger partial charge in [-0.3, -0.25) is 0 Å². The summed E-state index contributed by atoms with van der Waals surface area (Å²) >= 11 is 0. The van der Waals surface area contributed by atoms with Gasteiger partial charge in [0.05, 0.1) is 5.56 Å². The molecule has 0 saturated heterocycles. The van der Waals surface area contributed by atoms with Crippen molar-refractivity contribution in [2.75, 3.05) is 0 Å². The van der Waals surface area contributed by atoms with Crippen LogP contribution in [0.15, 0.2) is 41.7 Å². The van der Waals surface area contributed by atoms with E-state index in [9.17, 15) is 0 Å². The van der Waals surface area contributed by atoms with E-state index in [1.165, 1.54) is 0 Å². The Morgan fingerprint density at radius 3 is 2.84 bits per heavy atom. The van der Waals surface area contributed by atoms with E-state index in [0.29, 0.717) is 17.2 Å². The Morgan fingerprint density at radius 1 is 1.32 bits per heavy atom. The van der Waals surface area contributed by atoms with Gasteiger partial charge in [0.2, 0.25) is 5.88 Å². The second kappa shape index (κ2) is 5.39. The number of ether oxygens (including phenoxy) is 1. The first kappa shape index (κ1) is 12.9. The molecule has 0 unspecified atom stereocenters. The Bertz CT molecular complexity index is 624. The summed E-state index contributed by atoms with van der Waals surface area (Å²) in [5.74, 6) is 0.977. The summed E-state index contributed by atoms with van der Waals surface area (Å²) in [7, 11) is 0. The zero-order chi connectivity index (χ0) is 13.8. The Labute approximate surface area is 111 Å². The van der Waals surface area contributed by atoms with E-state index in [-0.39, 0.29) is 5.84 Å². The molecule has 0 bridgehead atoms. The molecule has 2 aromatic rings. The van der Waals surface area contributed by atoms with Crippen LogP contribution in [0.4, 0.5) is 0 Å². The van der Waals surface area contributed by atoms with Gasteiger partial charge in [-0.1, -0.05) is 17.3 Å². The molecular weight excluding hydrogens is 242 g/mol. The van der Waals surface area contributed by atoms with Gasteiger partial charge >= 0.3 is 0 Å². The Balaban J connectivity index is 2.41. The summed E-state index contributed by atoms with van der Waals surface area (Å²) in [6.45, 7) is 3.93. The molecule has 3 N–H and O–H groups in total. The van der Waals surface area contributed by atoms with Crippen LogP contribution in [-0.2, 0) is 0 Å². The van der Waals surface area contributed by atoms with Crippen molar-refractivity contribution in [1.29, 1.82) is 0 Å². The van der Waals surface area contributed by atoms with Gasteiger partial charge in [-0.05, 0) is 43.2 Å². The Morgan fingerprint density at radius 2 is 2.11 bits per heavy atom. The summed E-state index contributed by atoms with van der Waals surface area (Å²) in [4.78, 5) is 4.12. The van der Waals surface area contributed by atoms with Gasteiger partial charge in [0.15, 0.2) is 5.84 Å². The largest absolute Gasteiger partial charge is 0.438 e. The number of benzene rings is 1. The molecule has 19 heavy (non-hydrogen) atoms. The van der Waals surface area contributed by atoms with Crippen molar-refractivity contribution < 1.29 is 9.94 Å². The molecule has 0 fully saturated rings. The maximum absolute atomic E-state index is 8.76. The highest BCUT2D eigenvalue weighted by Crippen LogP contribution is 2.26. The lowest BCUT2D eigenvalue weighted by Gasteiger charge is -2.11. The van der Waals surface area contributed by atoms with Gasteiger partial charge in [0.25, 0.3) is 0 Å². The first-order valence-corrected chi connectivity index (χ1v) is 5.80. The lowest BCUT2D eigenvalue weighted by molar-refractivity contribution is 0.318. The smallest absolute Gasteiger partial charge is 0.230 e. The SMILES string of the molecule is Cc1ccc(C)c(Oc2ncccc2/C(N)=N/O)c1. The lowest BCUT2D eigenvalue weighted by Crippen LogP contribution is -2.14. The molecule has 1 aromatic heterocycles. The summed E-state index contributed by atoms with van der Waals surface area (Å²) in [6, 6.07) is 9.27. The molecule has 0 aliphatic heterocycles. The van der Waals surface area contributed by atoms with Gasteiger partial charge in [-0.2, -0.15) is 0 Å². The number of rotatable bonds is 3. The highest BCUT2D eigenvalue weighted by molar-refractivity contribution is 5.99. The molecule has 98 valence electrons. The fraction of sp³-hybridized carbons (Fsp3) is 0.143. The van der Waals surface area contributed by atoms with Crippen molar-refractivity contribution in [2.45, 2.75) is 13.8 Å². The molecule has 5 nitrogen and oxygen atoms in total. The van der Waals surface area contributed by atoms with Crippen LogP contribution in [0.2, 0.25) is 0 Å². The Kier molecular flexibility index (Phi) is 3.66. The first-order chi connectivity index (χ1) is 9.11. The zero-order valence-corrected chi connectivity index (χ0v) is 10.8. The number of hydrogen-bond donors (Lipinski definition) is 2. The van der Waals surface area contributed by atoms with E-state index in [4.69, 9.17) is 15.7 Å². The summed E-state index contributed by atoms with van der Waals surface area (Å²) in [5, 5.41) is 11.7. The van der Waals surface area contributed by atoms with Gasteiger partial charge < -0.3 is 15.7 Å². The second-order valence-corrected chi connectivity index (χ2v) is 4.21. The van der Waals surface area contributed by atoms with Crippen LogP contribution in [-0.4, -0.2) is 16.0 Å². The van der Waals surface area contributed by atoms with Crippen LogP contribution in [0.3, 0.4) is 0 Å². The monoisotopic (exact) mass is 257 g/mol.